The summed E-state index contributed by atoms with van der Waals surface area (Å²) < 4.78 is 0. The highest BCUT2D eigenvalue weighted by atomic mass is 16.6. The molecule has 7 nitrogen and oxygen atoms in total. The molecule has 1 saturated heterocycles. The number of nitrogens with zero attached hydrogens (tertiary/aromatic N) is 1. The molecule has 2 atom stereocenters. The maximum Gasteiger partial charge on any atom is 0.319 e. The van der Waals surface area contributed by atoms with E-state index in [1.165, 1.54) is 24.3 Å². The molecule has 1 aliphatic carbocycles. The van der Waals surface area contributed by atoms with E-state index in [1.54, 1.807) is 0 Å². The summed E-state index contributed by atoms with van der Waals surface area (Å²) >= 11 is 0. The van der Waals surface area contributed by atoms with Crippen LogP contribution in [0.4, 0.5) is 16.2 Å². The summed E-state index contributed by atoms with van der Waals surface area (Å²) in [6, 6.07) is 5.78. The number of non-ortho nitro benzene ring substituents is 1. The fraction of sp³-hybridized carbons (Fsp3) is 0.417. The van der Waals surface area contributed by atoms with Crippen molar-refractivity contribution in [2.24, 2.45) is 11.8 Å². The number of benzene rings is 1. The van der Waals surface area contributed by atoms with Crippen molar-refractivity contribution in [2.75, 3.05) is 18.4 Å². The Labute approximate surface area is 109 Å². The molecule has 2 unspecified atom stereocenters. The van der Waals surface area contributed by atoms with E-state index >= 15 is 0 Å². The van der Waals surface area contributed by atoms with E-state index in [0.717, 1.165) is 13.1 Å². The van der Waals surface area contributed by atoms with Crippen molar-refractivity contribution in [3.05, 3.63) is 34.4 Å². The minimum Gasteiger partial charge on any atom is -0.334 e. The molecule has 0 spiro atoms. The number of nitrogens with one attached hydrogen (secondary N) is 3. The maximum atomic E-state index is 11.7. The summed E-state index contributed by atoms with van der Waals surface area (Å²) in [5.74, 6) is 1.12. The number of urea groups is 1. The molecule has 100 valence electrons. The van der Waals surface area contributed by atoms with Crippen LogP contribution in [-0.2, 0) is 0 Å². The highest BCUT2D eigenvalue weighted by Crippen LogP contribution is 2.41. The number of nitro benzene ring substituents is 1. The molecule has 1 aliphatic heterocycles. The number of fused-ring (bicyclic) bond motifs is 1. The van der Waals surface area contributed by atoms with Crippen molar-refractivity contribution in [1.29, 1.82) is 0 Å². The van der Waals surface area contributed by atoms with Crippen molar-refractivity contribution in [3.8, 4) is 0 Å². The lowest BCUT2D eigenvalue weighted by Crippen LogP contribution is -2.35. The Balaban J connectivity index is 1.53. The Hall–Kier alpha value is -2.15. The molecule has 0 bridgehead atoms. The van der Waals surface area contributed by atoms with E-state index in [1.807, 2.05) is 0 Å². The van der Waals surface area contributed by atoms with Gasteiger partial charge in [0.15, 0.2) is 0 Å². The van der Waals surface area contributed by atoms with Gasteiger partial charge in [0.2, 0.25) is 0 Å². The van der Waals surface area contributed by atoms with Crippen LogP contribution in [0.5, 0.6) is 0 Å². The molecule has 2 fully saturated rings. The minimum atomic E-state index is -0.470. The van der Waals surface area contributed by atoms with Crippen molar-refractivity contribution in [2.45, 2.75) is 6.04 Å². The molecule has 1 heterocycles. The van der Waals surface area contributed by atoms with Crippen LogP contribution in [-0.4, -0.2) is 30.1 Å². The fourth-order valence-electron chi connectivity index (χ4n) is 2.62. The van der Waals surface area contributed by atoms with Gasteiger partial charge in [-0.1, -0.05) is 0 Å². The van der Waals surface area contributed by atoms with Gasteiger partial charge in [-0.25, -0.2) is 4.79 Å². The summed E-state index contributed by atoms with van der Waals surface area (Å²) in [5.41, 5.74) is 0.556. The first-order valence-electron chi connectivity index (χ1n) is 6.18. The number of nitro groups is 1. The largest absolute Gasteiger partial charge is 0.334 e. The Morgan fingerprint density at radius 3 is 2.47 bits per heavy atom. The van der Waals surface area contributed by atoms with E-state index < -0.39 is 4.92 Å². The first-order chi connectivity index (χ1) is 9.15. The van der Waals surface area contributed by atoms with E-state index in [2.05, 4.69) is 16.0 Å². The van der Waals surface area contributed by atoms with Crippen LogP contribution in [0.25, 0.3) is 0 Å². The summed E-state index contributed by atoms with van der Waals surface area (Å²) in [5, 5.41) is 19.3. The maximum absolute atomic E-state index is 11.7. The summed E-state index contributed by atoms with van der Waals surface area (Å²) in [4.78, 5) is 21.8. The van der Waals surface area contributed by atoms with Crippen LogP contribution in [0.15, 0.2) is 24.3 Å². The lowest BCUT2D eigenvalue weighted by atomic mass is 10.3. The average Bonchev–Trinajstić information content (AvgIpc) is 2.84. The van der Waals surface area contributed by atoms with Crippen LogP contribution in [0.3, 0.4) is 0 Å². The second kappa shape index (κ2) is 4.51. The Morgan fingerprint density at radius 1 is 1.26 bits per heavy atom. The van der Waals surface area contributed by atoms with E-state index in [0.29, 0.717) is 17.5 Å². The SMILES string of the molecule is O=C(Nc1ccc([N+](=O)[O-])cc1)NC1C2CNCC21. The van der Waals surface area contributed by atoms with Gasteiger partial charge in [0.05, 0.1) is 4.92 Å². The standard InChI is InChI=1S/C12H14N4O3/c17-12(15-11-9-5-13-6-10(9)11)14-7-1-3-8(4-2-7)16(18)19/h1-4,9-11,13H,5-6H2,(H2,14,15,17). The van der Waals surface area contributed by atoms with Gasteiger partial charge < -0.3 is 16.0 Å². The molecule has 1 aromatic carbocycles. The molecule has 0 radical (unpaired) electrons. The molecule has 2 amide bonds. The normalized spacial score (nSPS) is 27.5. The van der Waals surface area contributed by atoms with Gasteiger partial charge in [-0.15, -0.1) is 0 Å². The number of amides is 2. The topological polar surface area (TPSA) is 96.3 Å². The Bertz CT molecular complexity index is 506. The zero-order valence-electron chi connectivity index (χ0n) is 10.1. The first-order valence-corrected chi connectivity index (χ1v) is 6.18. The highest BCUT2D eigenvalue weighted by molar-refractivity contribution is 5.89. The highest BCUT2D eigenvalue weighted by Gasteiger charge is 2.53. The molecule has 3 N–H and O–H groups in total. The van der Waals surface area contributed by atoms with Gasteiger partial charge in [0.1, 0.15) is 0 Å². The van der Waals surface area contributed by atoms with Crippen LogP contribution in [0.1, 0.15) is 0 Å². The van der Waals surface area contributed by atoms with Crippen LogP contribution < -0.4 is 16.0 Å². The monoisotopic (exact) mass is 262 g/mol. The summed E-state index contributed by atoms with van der Waals surface area (Å²) in [6.45, 7) is 1.93. The van der Waals surface area contributed by atoms with Crippen molar-refractivity contribution in [1.82, 2.24) is 10.6 Å². The second-order valence-corrected chi connectivity index (χ2v) is 4.91. The molecule has 19 heavy (non-hydrogen) atoms. The second-order valence-electron chi connectivity index (χ2n) is 4.91. The molecule has 7 heteroatoms. The third-order valence-electron chi connectivity index (χ3n) is 3.73. The van der Waals surface area contributed by atoms with Gasteiger partial charge >= 0.3 is 6.03 Å². The lowest BCUT2D eigenvalue weighted by molar-refractivity contribution is -0.384. The number of carbonyl (C=O) groups is 1. The van der Waals surface area contributed by atoms with Gasteiger partial charge in [-0.05, 0) is 24.0 Å². The number of anilines is 1. The zero-order chi connectivity index (χ0) is 13.4. The summed E-state index contributed by atoms with van der Waals surface area (Å²) in [6.07, 6.45) is 0. The molecule has 2 aliphatic rings. The number of hydrogen-bond donors (Lipinski definition) is 3. The number of piperidine rings is 1. The van der Waals surface area contributed by atoms with E-state index in [-0.39, 0.29) is 17.8 Å². The number of carbonyl (C=O) groups excluding carboxylic acids is 1. The smallest absolute Gasteiger partial charge is 0.319 e. The predicted octanol–water partition coefficient (Wildman–Crippen LogP) is 0.934. The fourth-order valence-corrected chi connectivity index (χ4v) is 2.62. The van der Waals surface area contributed by atoms with Gasteiger partial charge in [-0.2, -0.15) is 0 Å². The van der Waals surface area contributed by atoms with E-state index in [9.17, 15) is 14.9 Å². The molecule has 0 aromatic heterocycles. The van der Waals surface area contributed by atoms with Crippen LogP contribution >= 0.6 is 0 Å². The molecule has 1 aromatic rings. The van der Waals surface area contributed by atoms with Gasteiger partial charge in [0, 0.05) is 37.0 Å². The minimum absolute atomic E-state index is 0.00811. The van der Waals surface area contributed by atoms with Crippen molar-refractivity contribution >= 4 is 17.4 Å². The van der Waals surface area contributed by atoms with Gasteiger partial charge in [-0.3, -0.25) is 10.1 Å². The van der Waals surface area contributed by atoms with Crippen molar-refractivity contribution in [3.63, 3.8) is 0 Å². The molecular weight excluding hydrogens is 248 g/mol. The van der Waals surface area contributed by atoms with E-state index in [4.69, 9.17) is 0 Å². The molecular formula is C12H14N4O3. The summed E-state index contributed by atoms with van der Waals surface area (Å²) in [7, 11) is 0. The van der Waals surface area contributed by atoms with Crippen LogP contribution in [0.2, 0.25) is 0 Å². The predicted molar refractivity (Wildman–Crippen MR) is 68.9 cm³/mol. The first kappa shape index (κ1) is 11.9. The lowest BCUT2D eigenvalue weighted by Gasteiger charge is -2.09. The Kier molecular flexibility index (Phi) is 2.83. The quantitative estimate of drug-likeness (QED) is 0.557. The number of rotatable bonds is 3. The number of hydrogen-bond acceptors (Lipinski definition) is 4. The third-order valence-corrected chi connectivity index (χ3v) is 3.73. The molecule has 1 saturated carbocycles. The zero-order valence-corrected chi connectivity index (χ0v) is 10.1. The molecule has 3 rings (SSSR count). The van der Waals surface area contributed by atoms with Crippen LogP contribution in [0, 0.1) is 22.0 Å². The third kappa shape index (κ3) is 2.37. The average molecular weight is 262 g/mol. The Morgan fingerprint density at radius 2 is 1.89 bits per heavy atom. The van der Waals surface area contributed by atoms with Gasteiger partial charge in [0.25, 0.3) is 5.69 Å². The van der Waals surface area contributed by atoms with Crippen molar-refractivity contribution < 1.29 is 9.72 Å².